The Kier molecular flexibility index (Phi) is 25.1. The molecule has 0 bridgehead atoms. The monoisotopic (exact) mass is 277 g/mol. The minimum absolute atomic E-state index is 0. The van der Waals surface area contributed by atoms with Crippen molar-refractivity contribution in [2.45, 2.75) is 0 Å². The quantitative estimate of drug-likeness (QED) is 0.283. The average Bonchev–Trinajstić information content (AvgIpc) is 0.722. The molecule has 5 nitrogen and oxygen atoms in total. The van der Waals surface area contributed by atoms with Crippen LogP contribution in [0.3, 0.4) is 0 Å². The molecule has 0 aromatic carbocycles. The molecule has 0 aliphatic heterocycles. The molecule has 0 saturated heterocycles. The van der Waals surface area contributed by atoms with Gasteiger partial charge in [-0.2, -0.15) is 0 Å². The zero-order valence-corrected chi connectivity index (χ0v) is 10.1. The summed E-state index contributed by atoms with van der Waals surface area (Å²) < 4.78 is 34.1. The molecule has 8 heavy (non-hydrogen) atoms. The smallest absolute Gasteiger partial charge is 2.00 e. The molecule has 0 aromatic rings. The fourth-order valence-electron chi connectivity index (χ4n) is 0. The van der Waals surface area contributed by atoms with E-state index in [0.29, 0.717) is 0 Å². The van der Waals surface area contributed by atoms with E-state index in [1.807, 2.05) is 0 Å². The van der Waals surface area contributed by atoms with Crippen molar-refractivity contribution in [1.29, 1.82) is 0 Å². The normalized spacial score (nSPS) is 7.25. The number of rotatable bonds is 0. The summed E-state index contributed by atoms with van der Waals surface area (Å²) in [7, 11) is -5.17. The van der Waals surface area contributed by atoms with Crippen molar-refractivity contribution < 1.29 is 23.0 Å². The summed E-state index contributed by atoms with van der Waals surface area (Å²) in [5.74, 6) is 0. The molecule has 0 heterocycles. The van der Waals surface area contributed by atoms with E-state index in [0.717, 1.165) is 0 Å². The SMILES string of the molecule is O=S(=O)([O-])[O-].[Al+3].[Ba+2].[O-2]. The van der Waals surface area contributed by atoms with E-state index in [4.69, 9.17) is 17.5 Å². The molecule has 0 amide bonds. The van der Waals surface area contributed by atoms with Gasteiger partial charge in [0, 0.05) is 10.4 Å². The zero-order valence-electron chi connectivity index (χ0n) is 3.73. The maximum atomic E-state index is 8.52. The molecule has 0 aliphatic carbocycles. The van der Waals surface area contributed by atoms with Gasteiger partial charge in [0.05, 0.1) is 0 Å². The van der Waals surface area contributed by atoms with Crippen molar-refractivity contribution >= 4 is 76.6 Å². The van der Waals surface area contributed by atoms with Gasteiger partial charge in [0.25, 0.3) is 0 Å². The van der Waals surface area contributed by atoms with Crippen LogP contribution in [0, 0.1) is 0 Å². The van der Waals surface area contributed by atoms with E-state index < -0.39 is 10.4 Å². The van der Waals surface area contributed by atoms with Gasteiger partial charge < -0.3 is 14.6 Å². The summed E-state index contributed by atoms with van der Waals surface area (Å²) in [5, 5.41) is 0. The first-order valence-electron chi connectivity index (χ1n) is 0.667. The van der Waals surface area contributed by atoms with Gasteiger partial charge in [-0.25, -0.2) is 0 Å². The van der Waals surface area contributed by atoms with Crippen LogP contribution >= 0.6 is 0 Å². The van der Waals surface area contributed by atoms with Crippen molar-refractivity contribution in [3.63, 3.8) is 0 Å². The molecule has 0 fully saturated rings. The van der Waals surface area contributed by atoms with Gasteiger partial charge in [0.2, 0.25) is 0 Å². The summed E-state index contributed by atoms with van der Waals surface area (Å²) in [4.78, 5) is 0. The zero-order chi connectivity index (χ0) is 4.50. The van der Waals surface area contributed by atoms with E-state index in [-0.39, 0.29) is 71.7 Å². The Balaban J connectivity index is -0.0000000267. The Morgan fingerprint density at radius 3 is 1.12 bits per heavy atom. The van der Waals surface area contributed by atoms with E-state index in [2.05, 4.69) is 0 Å². The van der Waals surface area contributed by atoms with E-state index in [1.165, 1.54) is 0 Å². The van der Waals surface area contributed by atoms with E-state index in [1.54, 1.807) is 0 Å². The molecule has 0 radical (unpaired) electrons. The Morgan fingerprint density at radius 1 is 1.12 bits per heavy atom. The first-order chi connectivity index (χ1) is 2.00. The molecular formula is AlBaO5S+. The summed E-state index contributed by atoms with van der Waals surface area (Å²) in [6.07, 6.45) is 0. The molecular weight excluding hydrogens is 276 g/mol. The summed E-state index contributed by atoms with van der Waals surface area (Å²) in [5.41, 5.74) is 0. The van der Waals surface area contributed by atoms with Gasteiger partial charge >= 0.3 is 66.2 Å². The van der Waals surface area contributed by atoms with Crippen molar-refractivity contribution in [2.75, 3.05) is 0 Å². The predicted molar refractivity (Wildman–Crippen MR) is 22.7 cm³/mol. The van der Waals surface area contributed by atoms with Crippen LogP contribution in [0.4, 0.5) is 0 Å². The van der Waals surface area contributed by atoms with Crippen LogP contribution in [0.2, 0.25) is 0 Å². The maximum absolute atomic E-state index is 8.52. The van der Waals surface area contributed by atoms with Gasteiger partial charge in [-0.3, -0.25) is 8.42 Å². The fourth-order valence-corrected chi connectivity index (χ4v) is 0. The van der Waals surface area contributed by atoms with Crippen molar-refractivity contribution in [1.82, 2.24) is 0 Å². The molecule has 0 atom stereocenters. The maximum Gasteiger partial charge on any atom is 3.00 e. The van der Waals surface area contributed by atoms with Crippen LogP contribution in [0.25, 0.3) is 0 Å². The molecule has 0 saturated carbocycles. The Bertz CT molecular complexity index is 95.6. The predicted octanol–water partition coefficient (Wildman–Crippen LogP) is -2.22. The van der Waals surface area contributed by atoms with E-state index >= 15 is 0 Å². The molecule has 0 N–H and O–H groups in total. The third-order valence-electron chi connectivity index (χ3n) is 0. The van der Waals surface area contributed by atoms with Crippen LogP contribution in [-0.4, -0.2) is 83.8 Å². The molecule has 8 heteroatoms. The van der Waals surface area contributed by atoms with Crippen molar-refractivity contribution in [3.8, 4) is 0 Å². The first-order valence-corrected chi connectivity index (χ1v) is 2.00. The Labute approximate surface area is 97.9 Å². The second-order valence-electron chi connectivity index (χ2n) is 0.408. The fraction of sp³-hybridized carbons (Fsp3) is 0. The topological polar surface area (TPSA) is 109 Å². The molecule has 0 rings (SSSR count). The van der Waals surface area contributed by atoms with Crippen LogP contribution in [0.5, 0.6) is 0 Å². The second kappa shape index (κ2) is 8.93. The molecule has 0 spiro atoms. The number of hydrogen-bond acceptors (Lipinski definition) is 4. The molecule has 0 unspecified atom stereocenters. The Morgan fingerprint density at radius 2 is 1.12 bits per heavy atom. The van der Waals surface area contributed by atoms with Crippen molar-refractivity contribution in [3.05, 3.63) is 0 Å². The first kappa shape index (κ1) is 22.5. The van der Waals surface area contributed by atoms with Gasteiger partial charge in [-0.1, -0.05) is 0 Å². The van der Waals surface area contributed by atoms with Gasteiger partial charge in [0.15, 0.2) is 0 Å². The standard InChI is InChI=1S/Al.Ba.H2O4S.O/c;;1-5(2,3)4;/h;;(H2,1,2,3,4);/q+3;+2;;-2/p-2. The summed E-state index contributed by atoms with van der Waals surface area (Å²) in [6.45, 7) is 0. The van der Waals surface area contributed by atoms with Crippen LogP contribution in [0.15, 0.2) is 0 Å². The molecule has 0 aliphatic rings. The van der Waals surface area contributed by atoms with Crippen LogP contribution in [-0.2, 0) is 15.9 Å². The average molecular weight is 276 g/mol. The molecule has 40 valence electrons. The number of hydrogen-bond donors (Lipinski definition) is 0. The van der Waals surface area contributed by atoms with Crippen LogP contribution in [0.1, 0.15) is 0 Å². The van der Waals surface area contributed by atoms with Gasteiger partial charge in [-0.05, 0) is 0 Å². The molecule has 0 aromatic heterocycles. The van der Waals surface area contributed by atoms with Gasteiger partial charge in [0.1, 0.15) is 0 Å². The minimum atomic E-state index is -5.17. The second-order valence-corrected chi connectivity index (χ2v) is 1.22. The van der Waals surface area contributed by atoms with Crippen molar-refractivity contribution in [2.24, 2.45) is 0 Å². The van der Waals surface area contributed by atoms with Gasteiger partial charge in [-0.15, -0.1) is 0 Å². The van der Waals surface area contributed by atoms with Crippen LogP contribution < -0.4 is 0 Å². The third-order valence-corrected chi connectivity index (χ3v) is 0. The summed E-state index contributed by atoms with van der Waals surface area (Å²) in [6, 6.07) is 0. The largest absolute Gasteiger partial charge is 3.00 e. The minimum Gasteiger partial charge on any atom is -2.00 e. The summed E-state index contributed by atoms with van der Waals surface area (Å²) >= 11 is 0. The third kappa shape index (κ3) is 102. The van der Waals surface area contributed by atoms with E-state index in [9.17, 15) is 0 Å². The Hall–Kier alpha value is 1.93.